The number of nitrogens with zero attached hydrogens (tertiary/aromatic N) is 1. The van der Waals surface area contributed by atoms with E-state index in [1.165, 1.54) is 11.1 Å². The summed E-state index contributed by atoms with van der Waals surface area (Å²) in [6, 6.07) is 15.9. The SMILES string of the molecule is Cc1ccc(-c2c(NC(=O)c3ccc(C(C)(C)C)cc3)n[nH]c2C)cc1. The van der Waals surface area contributed by atoms with Crippen molar-refractivity contribution in [2.45, 2.75) is 40.0 Å². The van der Waals surface area contributed by atoms with Crippen LogP contribution in [0.4, 0.5) is 5.82 Å². The maximum Gasteiger partial charge on any atom is 0.256 e. The lowest BCUT2D eigenvalue weighted by Crippen LogP contribution is -2.15. The van der Waals surface area contributed by atoms with E-state index in [1.54, 1.807) is 0 Å². The van der Waals surface area contributed by atoms with Crippen LogP contribution >= 0.6 is 0 Å². The molecule has 0 radical (unpaired) electrons. The van der Waals surface area contributed by atoms with Gasteiger partial charge in [-0.15, -0.1) is 0 Å². The number of rotatable bonds is 3. The van der Waals surface area contributed by atoms with Crippen LogP contribution in [0.1, 0.15) is 48.0 Å². The molecule has 1 aromatic heterocycles. The van der Waals surface area contributed by atoms with Gasteiger partial charge in [0.1, 0.15) is 0 Å². The zero-order chi connectivity index (χ0) is 18.9. The summed E-state index contributed by atoms with van der Waals surface area (Å²) in [4.78, 5) is 12.7. The Morgan fingerprint density at radius 1 is 0.962 bits per heavy atom. The molecule has 0 spiro atoms. The number of aryl methyl sites for hydroxylation is 2. The van der Waals surface area contributed by atoms with Crippen molar-refractivity contribution in [1.82, 2.24) is 10.2 Å². The van der Waals surface area contributed by atoms with Gasteiger partial charge in [-0.3, -0.25) is 9.89 Å². The molecule has 3 rings (SSSR count). The molecular weight excluding hydrogens is 322 g/mol. The molecular formula is C22H25N3O. The van der Waals surface area contributed by atoms with E-state index in [-0.39, 0.29) is 11.3 Å². The third kappa shape index (κ3) is 3.69. The zero-order valence-electron chi connectivity index (χ0n) is 16.0. The standard InChI is InChI=1S/C22H25N3O/c1-14-6-8-16(9-7-14)19-15(2)24-25-20(19)23-21(26)17-10-12-18(13-11-17)22(3,4)5/h6-13H,1-5H3,(H2,23,24,25,26). The maximum absolute atomic E-state index is 12.7. The maximum atomic E-state index is 12.7. The summed E-state index contributed by atoms with van der Waals surface area (Å²) in [6.07, 6.45) is 0. The van der Waals surface area contributed by atoms with Crippen LogP contribution < -0.4 is 5.32 Å². The Labute approximate surface area is 154 Å². The number of aromatic nitrogens is 2. The number of hydrogen-bond donors (Lipinski definition) is 2. The van der Waals surface area contributed by atoms with Crippen LogP contribution in [-0.4, -0.2) is 16.1 Å². The van der Waals surface area contributed by atoms with Crippen LogP contribution in [0.15, 0.2) is 48.5 Å². The van der Waals surface area contributed by atoms with Gasteiger partial charge in [-0.2, -0.15) is 5.10 Å². The Balaban J connectivity index is 1.85. The summed E-state index contributed by atoms with van der Waals surface area (Å²) >= 11 is 0. The van der Waals surface area contributed by atoms with Gasteiger partial charge < -0.3 is 5.32 Å². The summed E-state index contributed by atoms with van der Waals surface area (Å²) in [5.41, 5.74) is 5.95. The number of benzene rings is 2. The van der Waals surface area contributed by atoms with E-state index < -0.39 is 0 Å². The first-order valence-corrected chi connectivity index (χ1v) is 8.79. The quantitative estimate of drug-likeness (QED) is 0.680. The molecule has 1 amide bonds. The molecule has 4 heteroatoms. The van der Waals surface area contributed by atoms with Crippen LogP contribution in [0.2, 0.25) is 0 Å². The molecule has 26 heavy (non-hydrogen) atoms. The molecule has 134 valence electrons. The minimum Gasteiger partial charge on any atom is -0.305 e. The minimum atomic E-state index is -0.162. The fourth-order valence-corrected chi connectivity index (χ4v) is 2.89. The molecule has 0 aliphatic carbocycles. The molecule has 0 saturated heterocycles. The first-order valence-electron chi connectivity index (χ1n) is 8.79. The van der Waals surface area contributed by atoms with Crippen molar-refractivity contribution >= 4 is 11.7 Å². The molecule has 1 heterocycles. The van der Waals surface area contributed by atoms with Gasteiger partial charge in [0, 0.05) is 16.8 Å². The summed E-state index contributed by atoms with van der Waals surface area (Å²) in [5, 5.41) is 10.2. The predicted octanol–water partition coefficient (Wildman–Crippen LogP) is 5.24. The van der Waals surface area contributed by atoms with Gasteiger partial charge >= 0.3 is 0 Å². The largest absolute Gasteiger partial charge is 0.305 e. The molecule has 2 aromatic carbocycles. The lowest BCUT2D eigenvalue weighted by molar-refractivity contribution is 0.102. The lowest BCUT2D eigenvalue weighted by Gasteiger charge is -2.19. The number of aromatic amines is 1. The first-order chi connectivity index (χ1) is 12.3. The van der Waals surface area contributed by atoms with Crippen LogP contribution in [0.3, 0.4) is 0 Å². The van der Waals surface area contributed by atoms with E-state index in [0.29, 0.717) is 11.4 Å². The monoisotopic (exact) mass is 347 g/mol. The summed E-state index contributed by atoms with van der Waals surface area (Å²) in [5.74, 6) is 0.390. The average molecular weight is 347 g/mol. The van der Waals surface area contributed by atoms with Crippen LogP contribution in [0.5, 0.6) is 0 Å². The molecule has 0 fully saturated rings. The first kappa shape index (κ1) is 17.9. The highest BCUT2D eigenvalue weighted by atomic mass is 16.1. The zero-order valence-corrected chi connectivity index (χ0v) is 16.0. The molecule has 0 bridgehead atoms. The summed E-state index contributed by atoms with van der Waals surface area (Å²) in [7, 11) is 0. The number of hydrogen-bond acceptors (Lipinski definition) is 2. The highest BCUT2D eigenvalue weighted by Crippen LogP contribution is 2.30. The molecule has 0 unspecified atom stereocenters. The van der Waals surface area contributed by atoms with E-state index in [1.807, 2.05) is 43.3 Å². The molecule has 2 N–H and O–H groups in total. The Morgan fingerprint density at radius 2 is 1.58 bits per heavy atom. The number of H-pyrrole nitrogens is 1. The fraction of sp³-hybridized carbons (Fsp3) is 0.273. The molecule has 3 aromatic rings. The van der Waals surface area contributed by atoms with Crippen LogP contribution in [0.25, 0.3) is 11.1 Å². The summed E-state index contributed by atoms with van der Waals surface area (Å²) < 4.78 is 0. The van der Waals surface area contributed by atoms with Gasteiger partial charge in [-0.1, -0.05) is 62.7 Å². The van der Waals surface area contributed by atoms with Gasteiger partial charge in [-0.05, 0) is 42.5 Å². The Kier molecular flexibility index (Phi) is 4.68. The molecule has 0 atom stereocenters. The number of anilines is 1. The van der Waals surface area contributed by atoms with Gasteiger partial charge in [-0.25, -0.2) is 0 Å². The van der Waals surface area contributed by atoms with Crippen molar-refractivity contribution in [3.05, 3.63) is 70.9 Å². The van der Waals surface area contributed by atoms with E-state index in [9.17, 15) is 4.79 Å². The number of carbonyl (C=O) groups excluding carboxylic acids is 1. The highest BCUT2D eigenvalue weighted by molar-refractivity contribution is 6.05. The van der Waals surface area contributed by atoms with Gasteiger partial charge in [0.25, 0.3) is 5.91 Å². The Morgan fingerprint density at radius 3 is 2.15 bits per heavy atom. The number of nitrogens with one attached hydrogen (secondary N) is 2. The van der Waals surface area contributed by atoms with E-state index in [2.05, 4.69) is 55.3 Å². The van der Waals surface area contributed by atoms with E-state index >= 15 is 0 Å². The molecule has 0 aliphatic rings. The molecule has 0 saturated carbocycles. The van der Waals surface area contributed by atoms with Gasteiger partial charge in [0.05, 0.1) is 0 Å². The van der Waals surface area contributed by atoms with Crippen molar-refractivity contribution < 1.29 is 4.79 Å². The molecule has 4 nitrogen and oxygen atoms in total. The smallest absolute Gasteiger partial charge is 0.256 e. The number of amides is 1. The Hall–Kier alpha value is -2.88. The van der Waals surface area contributed by atoms with Crippen molar-refractivity contribution in [3.63, 3.8) is 0 Å². The highest BCUT2D eigenvalue weighted by Gasteiger charge is 2.17. The fourth-order valence-electron chi connectivity index (χ4n) is 2.89. The third-order valence-electron chi connectivity index (χ3n) is 4.53. The summed E-state index contributed by atoms with van der Waals surface area (Å²) in [6.45, 7) is 10.5. The normalized spacial score (nSPS) is 11.4. The van der Waals surface area contributed by atoms with Crippen molar-refractivity contribution in [2.24, 2.45) is 0 Å². The van der Waals surface area contributed by atoms with Crippen LogP contribution in [0, 0.1) is 13.8 Å². The topological polar surface area (TPSA) is 57.8 Å². The lowest BCUT2D eigenvalue weighted by atomic mass is 9.87. The minimum absolute atomic E-state index is 0.0624. The predicted molar refractivity (Wildman–Crippen MR) is 107 cm³/mol. The van der Waals surface area contributed by atoms with Gasteiger partial charge in [0.15, 0.2) is 5.82 Å². The van der Waals surface area contributed by atoms with Crippen molar-refractivity contribution in [3.8, 4) is 11.1 Å². The third-order valence-corrected chi connectivity index (χ3v) is 4.53. The Bertz CT molecular complexity index is 914. The second-order valence-corrected chi connectivity index (χ2v) is 7.72. The van der Waals surface area contributed by atoms with Crippen molar-refractivity contribution in [1.29, 1.82) is 0 Å². The number of carbonyl (C=O) groups is 1. The van der Waals surface area contributed by atoms with Gasteiger partial charge in [0.2, 0.25) is 0 Å². The van der Waals surface area contributed by atoms with Crippen LogP contribution in [-0.2, 0) is 5.41 Å². The van der Waals surface area contributed by atoms with E-state index in [4.69, 9.17) is 0 Å². The van der Waals surface area contributed by atoms with E-state index in [0.717, 1.165) is 16.8 Å². The molecule has 0 aliphatic heterocycles. The second kappa shape index (κ2) is 6.79. The second-order valence-electron chi connectivity index (χ2n) is 7.72. The average Bonchev–Trinajstić information content (AvgIpc) is 2.95. The van der Waals surface area contributed by atoms with Crippen molar-refractivity contribution in [2.75, 3.05) is 5.32 Å².